The van der Waals surface area contributed by atoms with Gasteiger partial charge in [-0.15, -0.1) is 11.3 Å². The molecule has 0 spiro atoms. The number of carbonyl (C=O) groups is 1. The molecule has 0 radical (unpaired) electrons. The lowest BCUT2D eigenvalue weighted by molar-refractivity contribution is 0.0782. The lowest BCUT2D eigenvalue weighted by Gasteiger charge is -2.20. The molecule has 0 saturated heterocycles. The Bertz CT molecular complexity index is 773. The summed E-state index contributed by atoms with van der Waals surface area (Å²) < 4.78 is 1.43. The highest BCUT2D eigenvalue weighted by atomic mass is 32.1. The topological polar surface area (TPSA) is 55.2 Å². The van der Waals surface area contributed by atoms with Crippen molar-refractivity contribution in [2.75, 3.05) is 13.1 Å². The third-order valence-corrected chi connectivity index (χ3v) is 4.52. The highest BCUT2D eigenvalue weighted by Crippen LogP contribution is 2.28. The van der Waals surface area contributed by atoms with Gasteiger partial charge in [0.15, 0.2) is 0 Å². The molecule has 0 fully saturated rings. The van der Waals surface area contributed by atoms with Crippen molar-refractivity contribution in [2.24, 2.45) is 7.05 Å². The lowest BCUT2D eigenvalue weighted by atomic mass is 10.2. The molecule has 2 heterocycles. The maximum atomic E-state index is 12.7. The summed E-state index contributed by atoms with van der Waals surface area (Å²) in [7, 11) is 1.66. The average molecular weight is 305 g/mol. The molecule has 2 rings (SSSR count). The highest BCUT2D eigenvalue weighted by molar-refractivity contribution is 7.20. The number of hydrogen-bond acceptors (Lipinski definition) is 4. The van der Waals surface area contributed by atoms with E-state index in [2.05, 4.69) is 11.6 Å². The van der Waals surface area contributed by atoms with Gasteiger partial charge in [0.25, 0.3) is 11.5 Å². The average Bonchev–Trinajstić information content (AvgIpc) is 2.77. The Morgan fingerprint density at radius 1 is 1.52 bits per heavy atom. The van der Waals surface area contributed by atoms with Crippen molar-refractivity contribution in [3.8, 4) is 0 Å². The molecular formula is C15H19N3O2S. The van der Waals surface area contributed by atoms with Gasteiger partial charge in [0.1, 0.15) is 4.83 Å². The minimum absolute atomic E-state index is 0.0666. The summed E-state index contributed by atoms with van der Waals surface area (Å²) in [5.74, 6) is -0.0666. The Morgan fingerprint density at radius 3 is 2.76 bits per heavy atom. The van der Waals surface area contributed by atoms with E-state index in [4.69, 9.17) is 0 Å². The third kappa shape index (κ3) is 2.76. The van der Waals surface area contributed by atoms with Crippen LogP contribution in [-0.2, 0) is 7.05 Å². The van der Waals surface area contributed by atoms with Gasteiger partial charge in [-0.05, 0) is 26.3 Å². The van der Waals surface area contributed by atoms with Crippen LogP contribution in [0.4, 0.5) is 0 Å². The van der Waals surface area contributed by atoms with Crippen molar-refractivity contribution in [1.29, 1.82) is 0 Å². The molecule has 0 saturated carbocycles. The van der Waals surface area contributed by atoms with Crippen molar-refractivity contribution in [2.45, 2.75) is 20.8 Å². The maximum Gasteiger partial charge on any atom is 0.264 e. The summed E-state index contributed by atoms with van der Waals surface area (Å²) >= 11 is 1.28. The second kappa shape index (κ2) is 5.81. The van der Waals surface area contributed by atoms with Crippen molar-refractivity contribution in [3.05, 3.63) is 39.3 Å². The number of amides is 1. The zero-order chi connectivity index (χ0) is 15.7. The molecule has 0 N–H and O–H groups in total. The van der Waals surface area contributed by atoms with Gasteiger partial charge in [0.05, 0.1) is 16.6 Å². The van der Waals surface area contributed by atoms with Gasteiger partial charge in [0, 0.05) is 20.1 Å². The first-order chi connectivity index (χ1) is 9.86. The summed E-state index contributed by atoms with van der Waals surface area (Å²) in [5.41, 5.74) is 1.53. The van der Waals surface area contributed by atoms with Gasteiger partial charge in [-0.25, -0.2) is 4.98 Å². The van der Waals surface area contributed by atoms with Gasteiger partial charge >= 0.3 is 0 Å². The molecule has 0 bridgehead atoms. The molecule has 2 aromatic heterocycles. The van der Waals surface area contributed by atoms with E-state index in [1.165, 1.54) is 22.2 Å². The first-order valence-electron chi connectivity index (χ1n) is 6.75. The first kappa shape index (κ1) is 15.4. The minimum Gasteiger partial charge on any atom is -0.334 e. The van der Waals surface area contributed by atoms with E-state index >= 15 is 0 Å². The molecule has 0 aliphatic heterocycles. The van der Waals surface area contributed by atoms with Gasteiger partial charge in [0.2, 0.25) is 0 Å². The number of carbonyl (C=O) groups excluding carboxylic acids is 1. The molecule has 2 aromatic rings. The van der Waals surface area contributed by atoms with Crippen LogP contribution in [0.1, 0.15) is 29.1 Å². The van der Waals surface area contributed by atoms with Gasteiger partial charge in [-0.1, -0.05) is 12.2 Å². The molecule has 0 aliphatic carbocycles. The number of aromatic nitrogens is 2. The second-order valence-corrected chi connectivity index (χ2v) is 6.17. The van der Waals surface area contributed by atoms with Crippen molar-refractivity contribution < 1.29 is 4.79 Å². The predicted octanol–water partition coefficient (Wildman–Crippen LogP) is 2.34. The predicted molar refractivity (Wildman–Crippen MR) is 86.0 cm³/mol. The molecule has 0 unspecified atom stereocenters. The van der Waals surface area contributed by atoms with E-state index in [0.29, 0.717) is 33.7 Å². The van der Waals surface area contributed by atoms with E-state index in [-0.39, 0.29) is 11.5 Å². The number of rotatable bonds is 4. The zero-order valence-corrected chi connectivity index (χ0v) is 13.6. The van der Waals surface area contributed by atoms with Gasteiger partial charge in [-0.3, -0.25) is 9.59 Å². The fraction of sp³-hybridized carbons (Fsp3) is 0.400. The van der Waals surface area contributed by atoms with Gasteiger partial charge < -0.3 is 9.47 Å². The summed E-state index contributed by atoms with van der Waals surface area (Å²) in [6.45, 7) is 10.6. The number of thiophene rings is 1. The van der Waals surface area contributed by atoms with Crippen LogP contribution in [-0.4, -0.2) is 33.4 Å². The molecule has 5 nitrogen and oxygen atoms in total. The summed E-state index contributed by atoms with van der Waals surface area (Å²) in [4.78, 5) is 32.0. The van der Waals surface area contributed by atoms with E-state index in [1.54, 1.807) is 11.9 Å². The minimum atomic E-state index is -0.115. The van der Waals surface area contributed by atoms with Crippen molar-refractivity contribution in [1.82, 2.24) is 14.5 Å². The van der Waals surface area contributed by atoms with Crippen LogP contribution < -0.4 is 5.56 Å². The number of hydrogen-bond donors (Lipinski definition) is 0. The van der Waals surface area contributed by atoms with Crippen LogP contribution in [0.15, 0.2) is 23.3 Å². The molecule has 0 aliphatic rings. The van der Waals surface area contributed by atoms with E-state index in [9.17, 15) is 9.59 Å². The molecule has 21 heavy (non-hydrogen) atoms. The van der Waals surface area contributed by atoms with E-state index in [0.717, 1.165) is 5.57 Å². The highest BCUT2D eigenvalue weighted by Gasteiger charge is 2.22. The van der Waals surface area contributed by atoms with Crippen LogP contribution in [0.3, 0.4) is 0 Å². The molecule has 1 amide bonds. The Balaban J connectivity index is 2.54. The molecule has 112 valence electrons. The number of likely N-dealkylation sites (N-methyl/N-ethyl adjacent to an activating group) is 1. The summed E-state index contributed by atoms with van der Waals surface area (Å²) in [6.07, 6.45) is 1.49. The fourth-order valence-electron chi connectivity index (χ4n) is 2.21. The van der Waals surface area contributed by atoms with Crippen molar-refractivity contribution in [3.63, 3.8) is 0 Å². The van der Waals surface area contributed by atoms with Crippen molar-refractivity contribution >= 4 is 27.5 Å². The fourth-order valence-corrected chi connectivity index (χ4v) is 3.32. The van der Waals surface area contributed by atoms with Crippen LogP contribution in [0.5, 0.6) is 0 Å². The lowest BCUT2D eigenvalue weighted by Crippen LogP contribution is -2.32. The summed E-state index contributed by atoms with van der Waals surface area (Å²) in [6, 6.07) is 0. The smallest absolute Gasteiger partial charge is 0.264 e. The van der Waals surface area contributed by atoms with Crippen LogP contribution in [0, 0.1) is 6.92 Å². The number of aryl methyl sites for hydroxylation is 2. The normalized spacial score (nSPS) is 10.9. The van der Waals surface area contributed by atoms with Crippen LogP contribution >= 0.6 is 11.3 Å². The van der Waals surface area contributed by atoms with Gasteiger partial charge in [-0.2, -0.15) is 0 Å². The second-order valence-electron chi connectivity index (χ2n) is 5.17. The zero-order valence-electron chi connectivity index (χ0n) is 12.8. The summed E-state index contributed by atoms with van der Waals surface area (Å²) in [5, 5.41) is 0.541. The van der Waals surface area contributed by atoms with E-state index < -0.39 is 0 Å². The number of fused-ring (bicyclic) bond motifs is 1. The number of nitrogens with zero attached hydrogens (tertiary/aromatic N) is 3. The SMILES string of the molecule is C=C(C)CN(CC)C(=O)c1sc2ncn(C)c(=O)c2c1C. The first-order valence-corrected chi connectivity index (χ1v) is 7.56. The molecular weight excluding hydrogens is 286 g/mol. The van der Waals surface area contributed by atoms with Crippen LogP contribution in [0.25, 0.3) is 10.2 Å². The van der Waals surface area contributed by atoms with Crippen LogP contribution in [0.2, 0.25) is 0 Å². The Morgan fingerprint density at radius 2 is 2.19 bits per heavy atom. The van der Waals surface area contributed by atoms with E-state index in [1.807, 2.05) is 20.8 Å². The molecule has 0 aromatic carbocycles. The molecule has 0 atom stereocenters. The quantitative estimate of drug-likeness (QED) is 0.815. The Labute approximate surface area is 127 Å². The largest absolute Gasteiger partial charge is 0.334 e. The molecule has 6 heteroatoms. The Kier molecular flexibility index (Phi) is 4.27. The standard InChI is InChI=1S/C15H19N3O2S/c1-6-18(7-9(2)3)15(20)12-10(4)11-13(21-12)16-8-17(5)14(11)19/h8H,2,6-7H2,1,3-5H3. The Hall–Kier alpha value is -1.95. The monoisotopic (exact) mass is 305 g/mol. The third-order valence-electron chi connectivity index (χ3n) is 3.33. The maximum absolute atomic E-state index is 12.7.